The molecule has 0 aromatic heterocycles. The molecule has 0 aliphatic carbocycles. The second kappa shape index (κ2) is 9.09. The summed E-state index contributed by atoms with van der Waals surface area (Å²) in [6, 6.07) is 12.2. The van der Waals surface area contributed by atoms with E-state index in [0.717, 1.165) is 50.2 Å². The molecule has 1 aliphatic heterocycles. The summed E-state index contributed by atoms with van der Waals surface area (Å²) in [5.41, 5.74) is 1.05. The van der Waals surface area contributed by atoms with Crippen LogP contribution in [-0.2, 0) is 0 Å². The molecule has 1 heterocycles. The number of benzene rings is 1. The molecule has 0 radical (unpaired) electrons. The summed E-state index contributed by atoms with van der Waals surface area (Å²) in [5.74, 6) is 2.06. The number of piperidine rings is 1. The Labute approximate surface area is 132 Å². The molecule has 21 heavy (non-hydrogen) atoms. The van der Waals surface area contributed by atoms with Crippen molar-refractivity contribution in [1.29, 1.82) is 5.26 Å². The Morgan fingerprint density at radius 1 is 1.29 bits per heavy atom. The quantitative estimate of drug-likeness (QED) is 0.786. The number of thioether (sulfide) groups is 1. The molecule has 0 amide bonds. The topological polar surface area (TPSA) is 47.3 Å². The van der Waals surface area contributed by atoms with Crippen LogP contribution in [-0.4, -0.2) is 41.1 Å². The Morgan fingerprint density at radius 2 is 2.00 bits per heavy atom. The molecule has 1 aromatic carbocycles. The highest BCUT2D eigenvalue weighted by molar-refractivity contribution is 7.99. The van der Waals surface area contributed by atoms with E-state index in [4.69, 9.17) is 5.26 Å². The summed E-state index contributed by atoms with van der Waals surface area (Å²) >= 11 is 1.72. The highest BCUT2D eigenvalue weighted by Crippen LogP contribution is 2.30. The van der Waals surface area contributed by atoms with Gasteiger partial charge in [-0.25, -0.2) is 0 Å². The molecule has 3 nitrogen and oxygen atoms in total. The first-order valence-electron chi connectivity index (χ1n) is 7.71. The molecule has 1 aromatic rings. The second-order valence-electron chi connectivity index (χ2n) is 5.60. The van der Waals surface area contributed by atoms with E-state index in [1.807, 2.05) is 30.3 Å². The minimum atomic E-state index is -0.320. The number of hydrogen-bond acceptors (Lipinski definition) is 4. The third-order valence-corrected chi connectivity index (χ3v) is 5.06. The summed E-state index contributed by atoms with van der Waals surface area (Å²) in [6.07, 6.45) is 2.97. The number of nitrogens with zero attached hydrogens (tertiary/aromatic N) is 2. The van der Waals surface area contributed by atoms with E-state index < -0.39 is 0 Å². The van der Waals surface area contributed by atoms with Crippen molar-refractivity contribution >= 4 is 11.8 Å². The van der Waals surface area contributed by atoms with Gasteiger partial charge in [-0.2, -0.15) is 5.26 Å². The number of aliphatic hydroxyl groups is 1. The lowest BCUT2D eigenvalue weighted by Crippen LogP contribution is -2.36. The minimum absolute atomic E-state index is 0.320. The van der Waals surface area contributed by atoms with Gasteiger partial charge in [-0.3, -0.25) is 0 Å². The molecule has 1 fully saturated rings. The summed E-state index contributed by atoms with van der Waals surface area (Å²) in [6.45, 7) is 3.28. The number of rotatable bonds is 7. The molecular weight excluding hydrogens is 280 g/mol. The van der Waals surface area contributed by atoms with Gasteiger partial charge in [0.05, 0.1) is 17.9 Å². The van der Waals surface area contributed by atoms with Gasteiger partial charge in [0.15, 0.2) is 0 Å². The van der Waals surface area contributed by atoms with E-state index >= 15 is 0 Å². The fourth-order valence-electron chi connectivity index (χ4n) is 2.92. The first-order valence-corrected chi connectivity index (χ1v) is 8.87. The lowest BCUT2D eigenvalue weighted by molar-refractivity contribution is 0.0590. The molecule has 1 aliphatic rings. The van der Waals surface area contributed by atoms with Gasteiger partial charge < -0.3 is 10.0 Å². The Balaban J connectivity index is 1.67. The van der Waals surface area contributed by atoms with Gasteiger partial charge in [0, 0.05) is 0 Å². The second-order valence-corrected chi connectivity index (χ2v) is 6.70. The molecule has 1 N–H and O–H groups in total. The Morgan fingerprint density at radius 3 is 2.67 bits per heavy atom. The van der Waals surface area contributed by atoms with Crippen LogP contribution in [0.3, 0.4) is 0 Å². The highest BCUT2D eigenvalue weighted by Gasteiger charge is 2.25. The summed E-state index contributed by atoms with van der Waals surface area (Å²) in [5, 5.41) is 18.9. The monoisotopic (exact) mass is 304 g/mol. The lowest BCUT2D eigenvalue weighted by Gasteiger charge is -2.34. The Kier molecular flexibility index (Phi) is 7.08. The fraction of sp³-hybridized carbons (Fsp3) is 0.588. The number of likely N-dealkylation sites (tertiary alicyclic amines) is 1. The first-order chi connectivity index (χ1) is 10.3. The van der Waals surface area contributed by atoms with Crippen LogP contribution in [0.2, 0.25) is 0 Å². The Bertz CT molecular complexity index is 438. The van der Waals surface area contributed by atoms with Crippen LogP contribution in [0.5, 0.6) is 0 Å². The average Bonchev–Trinajstić information content (AvgIpc) is 2.55. The SMILES string of the molecule is N#CCSCCCN1CCC(C(O)c2ccccc2)CC1. The van der Waals surface area contributed by atoms with Gasteiger partial charge in [0.25, 0.3) is 0 Å². The molecule has 0 saturated carbocycles. The standard InChI is InChI=1S/C17H24N2OS/c18-9-14-21-13-4-10-19-11-7-16(8-12-19)17(20)15-5-2-1-3-6-15/h1-3,5-6,16-17,20H,4,7-8,10-14H2. The largest absolute Gasteiger partial charge is 0.388 e. The maximum Gasteiger partial charge on any atom is 0.0819 e. The molecule has 0 bridgehead atoms. The van der Waals surface area contributed by atoms with Crippen molar-refractivity contribution in [2.45, 2.75) is 25.4 Å². The van der Waals surface area contributed by atoms with E-state index in [1.54, 1.807) is 11.8 Å². The molecule has 1 unspecified atom stereocenters. The smallest absolute Gasteiger partial charge is 0.0819 e. The lowest BCUT2D eigenvalue weighted by atomic mass is 9.87. The normalized spacial score (nSPS) is 18.3. The third kappa shape index (κ3) is 5.35. The van der Waals surface area contributed by atoms with Gasteiger partial charge in [-0.05, 0) is 56.1 Å². The van der Waals surface area contributed by atoms with Crippen molar-refractivity contribution in [1.82, 2.24) is 4.90 Å². The molecule has 2 rings (SSSR count). The van der Waals surface area contributed by atoms with Crippen LogP contribution >= 0.6 is 11.8 Å². The van der Waals surface area contributed by atoms with Gasteiger partial charge in [0.1, 0.15) is 0 Å². The molecule has 0 spiro atoms. The maximum absolute atomic E-state index is 10.5. The summed E-state index contributed by atoms with van der Waals surface area (Å²) in [4.78, 5) is 2.49. The van der Waals surface area contributed by atoms with Crippen LogP contribution in [0.25, 0.3) is 0 Å². The molecule has 4 heteroatoms. The molecular formula is C17H24N2OS. The molecule has 114 valence electrons. The van der Waals surface area contributed by atoms with Crippen LogP contribution in [0, 0.1) is 17.2 Å². The van der Waals surface area contributed by atoms with E-state index in [-0.39, 0.29) is 6.10 Å². The zero-order valence-corrected chi connectivity index (χ0v) is 13.3. The van der Waals surface area contributed by atoms with Crippen LogP contribution < -0.4 is 0 Å². The minimum Gasteiger partial charge on any atom is -0.388 e. The van der Waals surface area contributed by atoms with Crippen molar-refractivity contribution in [3.63, 3.8) is 0 Å². The third-order valence-electron chi connectivity index (χ3n) is 4.15. The fourth-order valence-corrected chi connectivity index (χ4v) is 3.49. The summed E-state index contributed by atoms with van der Waals surface area (Å²) in [7, 11) is 0. The first kappa shape index (κ1) is 16.4. The van der Waals surface area contributed by atoms with Gasteiger partial charge in [0.2, 0.25) is 0 Å². The zero-order chi connectivity index (χ0) is 14.9. The van der Waals surface area contributed by atoms with E-state index in [9.17, 15) is 5.11 Å². The number of nitriles is 1. The van der Waals surface area contributed by atoms with E-state index in [1.165, 1.54) is 0 Å². The van der Waals surface area contributed by atoms with Gasteiger partial charge in [-0.15, -0.1) is 11.8 Å². The van der Waals surface area contributed by atoms with Crippen LogP contribution in [0.15, 0.2) is 30.3 Å². The van der Waals surface area contributed by atoms with Crippen molar-refractivity contribution in [3.05, 3.63) is 35.9 Å². The number of aliphatic hydroxyl groups excluding tert-OH is 1. The van der Waals surface area contributed by atoms with E-state index in [2.05, 4.69) is 11.0 Å². The predicted octanol–water partition coefficient (Wildman–Crippen LogP) is 3.08. The Hall–Kier alpha value is -1.02. The van der Waals surface area contributed by atoms with Crippen molar-refractivity contribution in [2.24, 2.45) is 5.92 Å². The van der Waals surface area contributed by atoms with Crippen molar-refractivity contribution in [3.8, 4) is 6.07 Å². The molecule has 1 atom stereocenters. The summed E-state index contributed by atoms with van der Waals surface area (Å²) < 4.78 is 0. The highest BCUT2D eigenvalue weighted by atomic mass is 32.2. The van der Waals surface area contributed by atoms with Gasteiger partial charge in [-0.1, -0.05) is 30.3 Å². The molecule has 1 saturated heterocycles. The van der Waals surface area contributed by atoms with E-state index in [0.29, 0.717) is 11.7 Å². The van der Waals surface area contributed by atoms with Crippen LogP contribution in [0.4, 0.5) is 0 Å². The zero-order valence-electron chi connectivity index (χ0n) is 12.4. The van der Waals surface area contributed by atoms with Crippen molar-refractivity contribution < 1.29 is 5.11 Å². The average molecular weight is 304 g/mol. The van der Waals surface area contributed by atoms with Crippen molar-refractivity contribution in [2.75, 3.05) is 31.1 Å². The van der Waals surface area contributed by atoms with Crippen LogP contribution in [0.1, 0.15) is 30.9 Å². The van der Waals surface area contributed by atoms with Gasteiger partial charge >= 0.3 is 0 Å². The number of hydrogen-bond donors (Lipinski definition) is 1. The maximum atomic E-state index is 10.5. The predicted molar refractivity (Wildman–Crippen MR) is 88.1 cm³/mol.